The maximum atomic E-state index is 4.34. The maximum Gasteiger partial charge on any atom is 0.116 e. The quantitative estimate of drug-likeness (QED) is 0.882. The van der Waals surface area contributed by atoms with Crippen LogP contribution >= 0.6 is 0 Å². The van der Waals surface area contributed by atoms with E-state index in [9.17, 15) is 0 Å². The van der Waals surface area contributed by atoms with Crippen LogP contribution in [0.3, 0.4) is 0 Å². The Kier molecular flexibility index (Phi) is 3.20. The van der Waals surface area contributed by atoms with Gasteiger partial charge >= 0.3 is 0 Å². The Hall–Kier alpha value is -1.71. The van der Waals surface area contributed by atoms with E-state index in [-0.39, 0.29) is 5.41 Å². The molecule has 4 nitrogen and oxygen atoms in total. The minimum absolute atomic E-state index is 0.0686. The Labute approximate surface area is 108 Å². The molecule has 0 aromatic carbocycles. The van der Waals surface area contributed by atoms with Crippen molar-refractivity contribution in [1.29, 1.82) is 0 Å². The number of nitrogens with one attached hydrogen (secondary N) is 1. The van der Waals surface area contributed by atoms with Gasteiger partial charge in [0.1, 0.15) is 12.0 Å². The first-order valence-electron chi connectivity index (χ1n) is 6.26. The van der Waals surface area contributed by atoms with Crippen LogP contribution in [0.4, 0.5) is 0 Å². The average Bonchev–Trinajstić information content (AvgIpc) is 2.78. The van der Waals surface area contributed by atoms with Gasteiger partial charge in [-0.25, -0.2) is 9.97 Å². The van der Waals surface area contributed by atoms with Crippen molar-refractivity contribution in [2.45, 2.75) is 46.0 Å². The first-order chi connectivity index (χ1) is 8.38. The van der Waals surface area contributed by atoms with Gasteiger partial charge in [0.2, 0.25) is 0 Å². The summed E-state index contributed by atoms with van der Waals surface area (Å²) >= 11 is 0. The van der Waals surface area contributed by atoms with Crippen LogP contribution < -0.4 is 0 Å². The molecular weight excluding hydrogens is 224 g/mol. The highest BCUT2D eigenvalue weighted by atomic mass is 15.1. The van der Waals surface area contributed by atoms with Crippen LogP contribution in [-0.2, 0) is 5.41 Å². The SMILES string of the molecule is CC(C)c1cc(-c2cc(C(C)(C)C)[nH]n2)ncn1. The van der Waals surface area contributed by atoms with Gasteiger partial charge in [0.05, 0.1) is 5.69 Å². The van der Waals surface area contributed by atoms with Crippen molar-refractivity contribution in [3.05, 3.63) is 29.8 Å². The van der Waals surface area contributed by atoms with Gasteiger partial charge in [-0.1, -0.05) is 34.6 Å². The normalized spacial score (nSPS) is 12.1. The number of rotatable bonds is 2. The van der Waals surface area contributed by atoms with Crippen LogP contribution in [0.25, 0.3) is 11.4 Å². The van der Waals surface area contributed by atoms with Crippen LogP contribution in [-0.4, -0.2) is 20.2 Å². The van der Waals surface area contributed by atoms with E-state index in [0.29, 0.717) is 5.92 Å². The summed E-state index contributed by atoms with van der Waals surface area (Å²) in [5.74, 6) is 0.396. The second kappa shape index (κ2) is 4.52. The molecule has 96 valence electrons. The number of H-pyrrole nitrogens is 1. The van der Waals surface area contributed by atoms with E-state index in [1.807, 2.05) is 6.07 Å². The van der Waals surface area contributed by atoms with Crippen molar-refractivity contribution >= 4 is 0 Å². The van der Waals surface area contributed by atoms with Crippen molar-refractivity contribution in [2.24, 2.45) is 0 Å². The smallest absolute Gasteiger partial charge is 0.116 e. The molecule has 0 radical (unpaired) electrons. The maximum absolute atomic E-state index is 4.34. The van der Waals surface area contributed by atoms with Gasteiger partial charge in [-0.05, 0) is 18.1 Å². The molecule has 0 amide bonds. The highest BCUT2D eigenvalue weighted by Gasteiger charge is 2.17. The van der Waals surface area contributed by atoms with Crippen LogP contribution in [0.1, 0.15) is 51.9 Å². The number of hydrogen-bond donors (Lipinski definition) is 1. The first-order valence-corrected chi connectivity index (χ1v) is 6.26. The third kappa shape index (κ3) is 2.58. The molecule has 0 atom stereocenters. The summed E-state index contributed by atoms with van der Waals surface area (Å²) in [6, 6.07) is 4.07. The van der Waals surface area contributed by atoms with Crippen LogP contribution in [0.15, 0.2) is 18.5 Å². The molecule has 0 fully saturated rings. The topological polar surface area (TPSA) is 54.5 Å². The summed E-state index contributed by atoms with van der Waals surface area (Å²) in [7, 11) is 0. The molecule has 18 heavy (non-hydrogen) atoms. The van der Waals surface area contributed by atoms with Crippen LogP contribution in [0.5, 0.6) is 0 Å². The number of hydrogen-bond acceptors (Lipinski definition) is 3. The van der Waals surface area contributed by atoms with E-state index < -0.39 is 0 Å². The molecule has 2 aromatic rings. The molecule has 0 saturated heterocycles. The van der Waals surface area contributed by atoms with Gasteiger partial charge in [0.15, 0.2) is 0 Å². The van der Waals surface area contributed by atoms with Gasteiger partial charge in [-0.3, -0.25) is 5.10 Å². The Morgan fingerprint density at radius 3 is 2.33 bits per heavy atom. The predicted octanol–water partition coefficient (Wildman–Crippen LogP) is 3.29. The lowest BCUT2D eigenvalue weighted by atomic mass is 9.92. The molecule has 0 bridgehead atoms. The minimum Gasteiger partial charge on any atom is -0.281 e. The summed E-state index contributed by atoms with van der Waals surface area (Å²) in [6.07, 6.45) is 1.61. The largest absolute Gasteiger partial charge is 0.281 e. The molecule has 0 aliphatic carbocycles. The van der Waals surface area contributed by atoms with Gasteiger partial charge in [-0.2, -0.15) is 5.10 Å². The Morgan fingerprint density at radius 1 is 1.06 bits per heavy atom. The molecular formula is C14H20N4. The van der Waals surface area contributed by atoms with E-state index in [2.05, 4.69) is 60.9 Å². The molecule has 1 N–H and O–H groups in total. The number of aromatic amines is 1. The lowest BCUT2D eigenvalue weighted by Crippen LogP contribution is -2.11. The Balaban J connectivity index is 2.37. The third-order valence-electron chi connectivity index (χ3n) is 2.93. The highest BCUT2D eigenvalue weighted by Crippen LogP contribution is 2.25. The molecule has 2 aromatic heterocycles. The van der Waals surface area contributed by atoms with Gasteiger partial charge in [0.25, 0.3) is 0 Å². The van der Waals surface area contributed by atoms with Crippen molar-refractivity contribution in [1.82, 2.24) is 20.2 Å². The molecule has 2 heterocycles. The molecule has 0 saturated carbocycles. The lowest BCUT2D eigenvalue weighted by Gasteiger charge is -2.14. The second-order valence-electron chi connectivity index (χ2n) is 5.90. The van der Waals surface area contributed by atoms with E-state index >= 15 is 0 Å². The fraction of sp³-hybridized carbons (Fsp3) is 0.500. The summed E-state index contributed by atoms with van der Waals surface area (Å²) in [4.78, 5) is 8.56. The molecule has 0 aliphatic rings. The summed E-state index contributed by atoms with van der Waals surface area (Å²) in [6.45, 7) is 10.7. The zero-order valence-electron chi connectivity index (χ0n) is 11.7. The van der Waals surface area contributed by atoms with Gasteiger partial charge in [0, 0.05) is 16.8 Å². The summed E-state index contributed by atoms with van der Waals surface area (Å²) in [5, 5.41) is 7.42. The zero-order valence-corrected chi connectivity index (χ0v) is 11.7. The molecule has 0 unspecified atom stereocenters. The third-order valence-corrected chi connectivity index (χ3v) is 2.93. The van der Waals surface area contributed by atoms with Crippen molar-refractivity contribution < 1.29 is 0 Å². The first kappa shape index (κ1) is 12.7. The van der Waals surface area contributed by atoms with Crippen LogP contribution in [0, 0.1) is 0 Å². The molecule has 2 rings (SSSR count). The molecule has 4 heteroatoms. The Morgan fingerprint density at radius 2 is 1.78 bits per heavy atom. The van der Waals surface area contributed by atoms with Crippen LogP contribution in [0.2, 0.25) is 0 Å². The van der Waals surface area contributed by atoms with Gasteiger partial charge in [-0.15, -0.1) is 0 Å². The predicted molar refractivity (Wildman–Crippen MR) is 72.4 cm³/mol. The number of nitrogens with zero attached hydrogens (tertiary/aromatic N) is 3. The van der Waals surface area contributed by atoms with E-state index in [4.69, 9.17) is 0 Å². The van der Waals surface area contributed by atoms with Gasteiger partial charge < -0.3 is 0 Å². The van der Waals surface area contributed by atoms with E-state index in [1.165, 1.54) is 0 Å². The fourth-order valence-corrected chi connectivity index (χ4v) is 1.67. The summed E-state index contributed by atoms with van der Waals surface area (Å²) in [5.41, 5.74) is 3.98. The fourth-order valence-electron chi connectivity index (χ4n) is 1.67. The molecule has 0 spiro atoms. The summed E-state index contributed by atoms with van der Waals surface area (Å²) < 4.78 is 0. The zero-order chi connectivity index (χ0) is 13.3. The minimum atomic E-state index is 0.0686. The monoisotopic (exact) mass is 244 g/mol. The Bertz CT molecular complexity index is 535. The highest BCUT2D eigenvalue weighted by molar-refractivity contribution is 5.54. The number of aromatic nitrogens is 4. The second-order valence-corrected chi connectivity index (χ2v) is 5.90. The van der Waals surface area contributed by atoms with Crippen molar-refractivity contribution in [2.75, 3.05) is 0 Å². The molecule has 0 aliphatic heterocycles. The van der Waals surface area contributed by atoms with Crippen molar-refractivity contribution in [3.63, 3.8) is 0 Å². The van der Waals surface area contributed by atoms with E-state index in [1.54, 1.807) is 6.33 Å². The standard InChI is InChI=1S/C14H20N4/c1-9(2)10-6-11(16-8-15-10)12-7-13(18-17-12)14(3,4)5/h6-9H,1-5H3,(H,17,18). The lowest BCUT2D eigenvalue weighted by molar-refractivity contribution is 0.567. The average molecular weight is 244 g/mol. The van der Waals surface area contributed by atoms with Crippen molar-refractivity contribution in [3.8, 4) is 11.4 Å². The van der Waals surface area contributed by atoms with E-state index in [0.717, 1.165) is 22.8 Å².